The molecule has 0 radical (unpaired) electrons. The van der Waals surface area contributed by atoms with Crippen molar-refractivity contribution in [1.82, 2.24) is 4.90 Å². The number of carbonyl (C=O) groups is 2. The Morgan fingerprint density at radius 3 is 2.42 bits per heavy atom. The summed E-state index contributed by atoms with van der Waals surface area (Å²) >= 11 is 0. The molecule has 2 aromatic carbocycles. The van der Waals surface area contributed by atoms with Gasteiger partial charge in [-0.15, -0.1) is 0 Å². The highest BCUT2D eigenvalue weighted by Crippen LogP contribution is 2.27. The monoisotopic (exact) mass is 361 g/mol. The predicted molar refractivity (Wildman–Crippen MR) is 91.6 cm³/mol. The van der Waals surface area contributed by atoms with Crippen LogP contribution in [0, 0.1) is 15.9 Å². The molecule has 2 amide bonds. The number of nitro benzene ring substituents is 1. The maximum atomic E-state index is 13.2. The first kappa shape index (κ1) is 18.8. The van der Waals surface area contributed by atoms with E-state index in [1.807, 2.05) is 0 Å². The molecule has 0 aliphatic rings. The molecule has 0 saturated carbocycles. The molecule has 1 N–H and O–H groups in total. The van der Waals surface area contributed by atoms with Crippen molar-refractivity contribution < 1.29 is 23.6 Å². The molecule has 0 saturated heterocycles. The van der Waals surface area contributed by atoms with Gasteiger partial charge in [-0.05, 0) is 30.3 Å². The number of halogens is 1. The van der Waals surface area contributed by atoms with E-state index < -0.39 is 28.9 Å². The van der Waals surface area contributed by atoms with Crippen molar-refractivity contribution in [3.8, 4) is 5.75 Å². The Bertz CT molecular complexity index is 837. The van der Waals surface area contributed by atoms with E-state index in [9.17, 15) is 24.1 Å². The number of nitrogens with one attached hydrogen (secondary N) is 1. The van der Waals surface area contributed by atoms with E-state index in [1.165, 1.54) is 4.90 Å². The molecule has 0 fully saturated rings. The quantitative estimate of drug-likeness (QED) is 0.629. The fraction of sp³-hybridized carbons (Fsp3) is 0.176. The van der Waals surface area contributed by atoms with Gasteiger partial charge < -0.3 is 15.0 Å². The second-order valence-corrected chi connectivity index (χ2v) is 5.48. The Labute approximate surface area is 148 Å². The Morgan fingerprint density at radius 1 is 1.19 bits per heavy atom. The van der Waals surface area contributed by atoms with Crippen LogP contribution >= 0.6 is 0 Å². The van der Waals surface area contributed by atoms with E-state index in [2.05, 4.69) is 5.32 Å². The summed E-state index contributed by atoms with van der Waals surface area (Å²) in [6.07, 6.45) is 0. The third-order valence-corrected chi connectivity index (χ3v) is 3.30. The molecule has 2 aromatic rings. The minimum atomic E-state index is -0.729. The summed E-state index contributed by atoms with van der Waals surface area (Å²) < 4.78 is 18.3. The van der Waals surface area contributed by atoms with Gasteiger partial charge >= 0.3 is 5.69 Å². The van der Waals surface area contributed by atoms with E-state index in [0.717, 1.165) is 18.2 Å². The highest BCUT2D eigenvalue weighted by Gasteiger charge is 2.17. The molecular weight excluding hydrogens is 345 g/mol. The van der Waals surface area contributed by atoms with E-state index >= 15 is 0 Å². The first-order valence-corrected chi connectivity index (χ1v) is 7.46. The van der Waals surface area contributed by atoms with Crippen LogP contribution in [0.2, 0.25) is 0 Å². The lowest BCUT2D eigenvalue weighted by molar-refractivity contribution is -0.385. The fourth-order valence-electron chi connectivity index (χ4n) is 2.05. The molecule has 9 heteroatoms. The third-order valence-electron chi connectivity index (χ3n) is 3.30. The van der Waals surface area contributed by atoms with E-state index in [0.29, 0.717) is 11.3 Å². The van der Waals surface area contributed by atoms with Crippen LogP contribution in [-0.4, -0.2) is 42.3 Å². The number of nitro groups is 1. The molecule has 0 heterocycles. The van der Waals surface area contributed by atoms with Gasteiger partial charge in [-0.25, -0.2) is 4.39 Å². The van der Waals surface area contributed by atoms with E-state index in [1.54, 1.807) is 38.4 Å². The van der Waals surface area contributed by atoms with E-state index in [-0.39, 0.29) is 11.7 Å². The zero-order chi connectivity index (χ0) is 19.3. The summed E-state index contributed by atoms with van der Waals surface area (Å²) in [5.41, 5.74) is 0.438. The highest BCUT2D eigenvalue weighted by atomic mass is 19.1. The summed E-state index contributed by atoms with van der Waals surface area (Å²) in [4.78, 5) is 35.3. The van der Waals surface area contributed by atoms with Crippen molar-refractivity contribution in [2.45, 2.75) is 0 Å². The minimum Gasteiger partial charge on any atom is -0.477 e. The van der Waals surface area contributed by atoms with Crippen LogP contribution in [0.1, 0.15) is 10.4 Å². The predicted octanol–water partition coefficient (Wildman–Crippen LogP) is 2.45. The number of carbonyl (C=O) groups excluding carboxylic acids is 2. The normalized spacial score (nSPS) is 10.1. The highest BCUT2D eigenvalue weighted by molar-refractivity contribution is 5.95. The average molecular weight is 361 g/mol. The number of nitrogens with zero attached hydrogens (tertiary/aromatic N) is 2. The minimum absolute atomic E-state index is 0.176. The van der Waals surface area contributed by atoms with Crippen LogP contribution in [0.15, 0.2) is 42.5 Å². The molecule has 8 nitrogen and oxygen atoms in total. The van der Waals surface area contributed by atoms with E-state index in [4.69, 9.17) is 4.74 Å². The number of anilines is 1. The Morgan fingerprint density at radius 2 is 1.85 bits per heavy atom. The van der Waals surface area contributed by atoms with Gasteiger partial charge in [0.1, 0.15) is 5.82 Å². The number of hydrogen-bond donors (Lipinski definition) is 1. The zero-order valence-electron chi connectivity index (χ0n) is 14.1. The second kappa shape index (κ2) is 8.06. The topological polar surface area (TPSA) is 102 Å². The lowest BCUT2D eigenvalue weighted by atomic mass is 10.2. The van der Waals surface area contributed by atoms with Crippen molar-refractivity contribution in [1.29, 1.82) is 0 Å². The Hall–Kier alpha value is -3.49. The van der Waals surface area contributed by atoms with Crippen molar-refractivity contribution in [2.24, 2.45) is 0 Å². The fourth-order valence-corrected chi connectivity index (χ4v) is 2.05. The molecule has 0 atom stereocenters. The van der Waals surface area contributed by atoms with Crippen molar-refractivity contribution in [3.05, 3.63) is 64.0 Å². The number of amides is 2. The van der Waals surface area contributed by atoms with Crippen LogP contribution < -0.4 is 10.1 Å². The van der Waals surface area contributed by atoms with Gasteiger partial charge in [-0.3, -0.25) is 19.7 Å². The van der Waals surface area contributed by atoms with Crippen molar-refractivity contribution in [2.75, 3.05) is 26.0 Å². The molecule has 26 heavy (non-hydrogen) atoms. The number of ether oxygens (including phenoxy) is 1. The van der Waals surface area contributed by atoms with Gasteiger partial charge in [0.25, 0.3) is 11.8 Å². The SMILES string of the molecule is CN(C)C(=O)c1ccc(NC(=O)COc2cc(F)ccc2[N+](=O)[O-])cc1. The first-order valence-electron chi connectivity index (χ1n) is 7.46. The lowest BCUT2D eigenvalue weighted by Gasteiger charge is -2.11. The molecule has 0 spiro atoms. The summed E-state index contributed by atoms with van der Waals surface area (Å²) in [5.74, 6) is -1.82. The summed E-state index contributed by atoms with van der Waals surface area (Å²) in [5, 5.41) is 13.4. The van der Waals surface area contributed by atoms with Gasteiger partial charge in [-0.2, -0.15) is 0 Å². The molecule has 0 bridgehead atoms. The van der Waals surface area contributed by atoms with Crippen molar-refractivity contribution in [3.63, 3.8) is 0 Å². The first-order chi connectivity index (χ1) is 12.3. The lowest BCUT2D eigenvalue weighted by Crippen LogP contribution is -2.22. The largest absolute Gasteiger partial charge is 0.477 e. The van der Waals surface area contributed by atoms with Crippen LogP contribution in [0.5, 0.6) is 5.75 Å². The number of rotatable bonds is 6. The molecule has 136 valence electrons. The van der Waals surface area contributed by atoms with Crippen LogP contribution in [-0.2, 0) is 4.79 Å². The summed E-state index contributed by atoms with van der Waals surface area (Å²) in [6.45, 7) is -0.539. The van der Waals surface area contributed by atoms with Crippen LogP contribution in [0.25, 0.3) is 0 Å². The summed E-state index contributed by atoms with van der Waals surface area (Å²) in [6, 6.07) is 8.92. The molecule has 0 aromatic heterocycles. The molecule has 2 rings (SSSR count). The number of benzene rings is 2. The average Bonchev–Trinajstić information content (AvgIpc) is 2.59. The molecule has 0 aliphatic heterocycles. The maximum Gasteiger partial charge on any atom is 0.311 e. The third kappa shape index (κ3) is 4.76. The van der Waals surface area contributed by atoms with Gasteiger partial charge in [-0.1, -0.05) is 0 Å². The van der Waals surface area contributed by atoms with Gasteiger partial charge in [0, 0.05) is 37.5 Å². The smallest absolute Gasteiger partial charge is 0.311 e. The van der Waals surface area contributed by atoms with Crippen molar-refractivity contribution >= 4 is 23.2 Å². The maximum absolute atomic E-state index is 13.2. The van der Waals surface area contributed by atoms with Gasteiger partial charge in [0.15, 0.2) is 6.61 Å². The van der Waals surface area contributed by atoms with Crippen LogP contribution in [0.3, 0.4) is 0 Å². The number of hydrogen-bond acceptors (Lipinski definition) is 5. The van der Waals surface area contributed by atoms with Gasteiger partial charge in [0.05, 0.1) is 4.92 Å². The Kier molecular flexibility index (Phi) is 5.84. The van der Waals surface area contributed by atoms with Gasteiger partial charge in [0.2, 0.25) is 5.75 Å². The molecule has 0 unspecified atom stereocenters. The molecular formula is C17H16FN3O5. The van der Waals surface area contributed by atoms with Crippen LogP contribution in [0.4, 0.5) is 15.8 Å². The Balaban J connectivity index is 1.98. The molecule has 0 aliphatic carbocycles. The second-order valence-electron chi connectivity index (χ2n) is 5.48. The summed E-state index contributed by atoms with van der Waals surface area (Å²) in [7, 11) is 3.25. The zero-order valence-corrected chi connectivity index (χ0v) is 14.1. The standard InChI is InChI=1S/C17H16FN3O5/c1-20(2)17(23)11-3-6-13(7-4-11)19-16(22)10-26-15-9-12(18)5-8-14(15)21(24)25/h3-9H,10H2,1-2H3,(H,19,22).